The van der Waals surface area contributed by atoms with Crippen molar-refractivity contribution in [2.45, 2.75) is 13.8 Å². The molecule has 2 rings (SSSR count). The first-order valence-corrected chi connectivity index (χ1v) is 7.30. The number of carbonyl (C=O) groups excluding carboxylic acids is 1. The van der Waals surface area contributed by atoms with Crippen LogP contribution in [-0.4, -0.2) is 22.2 Å². The van der Waals surface area contributed by atoms with Crippen LogP contribution in [0.5, 0.6) is 5.75 Å². The molecule has 0 aliphatic heterocycles. The van der Waals surface area contributed by atoms with Gasteiger partial charge in [0, 0.05) is 29.4 Å². The number of nitro groups is 1. The van der Waals surface area contributed by atoms with E-state index in [2.05, 4.69) is 10.3 Å². The Hall–Kier alpha value is -3.22. The maximum absolute atomic E-state index is 11.7. The molecule has 2 N–H and O–H groups in total. The van der Waals surface area contributed by atoms with Crippen molar-refractivity contribution in [1.82, 2.24) is 0 Å². The number of para-hydroxylation sites is 1. The number of nitrogens with one attached hydrogen (secondary N) is 1. The lowest BCUT2D eigenvalue weighted by atomic mass is 10.2. The summed E-state index contributed by atoms with van der Waals surface area (Å²) in [7, 11) is 0. The molecule has 0 bridgehead atoms. The summed E-state index contributed by atoms with van der Waals surface area (Å²) in [5, 5.41) is 23.5. The van der Waals surface area contributed by atoms with Gasteiger partial charge in [0.15, 0.2) is 0 Å². The molecule has 1 amide bonds. The van der Waals surface area contributed by atoms with Gasteiger partial charge < -0.3 is 10.4 Å². The molecule has 7 heteroatoms. The van der Waals surface area contributed by atoms with Gasteiger partial charge >= 0.3 is 5.69 Å². The number of aliphatic imine (C=N–C) groups is 1. The fourth-order valence-corrected chi connectivity index (χ4v) is 1.89. The van der Waals surface area contributed by atoms with E-state index in [1.54, 1.807) is 38.1 Å². The Bertz CT molecular complexity index is 800. The van der Waals surface area contributed by atoms with Crippen molar-refractivity contribution in [2.24, 2.45) is 10.9 Å². The number of nitro benzene ring substituents is 1. The molecule has 124 valence electrons. The first-order chi connectivity index (χ1) is 11.4. The molecule has 0 saturated carbocycles. The number of carbonyl (C=O) groups is 1. The van der Waals surface area contributed by atoms with Crippen LogP contribution in [0.3, 0.4) is 0 Å². The summed E-state index contributed by atoms with van der Waals surface area (Å²) in [5.41, 5.74) is 1.01. The fourth-order valence-electron chi connectivity index (χ4n) is 1.89. The van der Waals surface area contributed by atoms with Gasteiger partial charge in [0.05, 0.1) is 10.6 Å². The van der Waals surface area contributed by atoms with Crippen LogP contribution in [0.2, 0.25) is 0 Å². The third-order valence-corrected chi connectivity index (χ3v) is 3.23. The molecule has 0 unspecified atom stereocenters. The van der Waals surface area contributed by atoms with Crippen molar-refractivity contribution >= 4 is 29.2 Å². The van der Waals surface area contributed by atoms with Gasteiger partial charge in [0.25, 0.3) is 0 Å². The number of nitrogens with zero attached hydrogens (tertiary/aromatic N) is 2. The molecule has 2 aromatic rings. The van der Waals surface area contributed by atoms with Gasteiger partial charge in [0.2, 0.25) is 11.7 Å². The maximum Gasteiger partial charge on any atom is 0.311 e. The summed E-state index contributed by atoms with van der Waals surface area (Å²) in [4.78, 5) is 26.0. The number of phenols is 1. The Balaban J connectivity index is 2.23. The standard InChI is InChI=1S/C17H17N3O4/c1-11(2)17(22)19-14-7-4-6-13(9-14)18-10-12-5-3-8-15(16(12)21)20(23)24/h3-11,21H,1-2H3,(H,19,22). The van der Waals surface area contributed by atoms with Crippen molar-refractivity contribution in [3.05, 3.63) is 58.1 Å². The first-order valence-electron chi connectivity index (χ1n) is 7.30. The van der Waals surface area contributed by atoms with Crippen LogP contribution in [0.4, 0.5) is 17.1 Å². The normalized spacial score (nSPS) is 11.0. The van der Waals surface area contributed by atoms with Crippen LogP contribution in [0.1, 0.15) is 19.4 Å². The van der Waals surface area contributed by atoms with Crippen LogP contribution in [0.25, 0.3) is 0 Å². The van der Waals surface area contributed by atoms with E-state index in [0.29, 0.717) is 11.4 Å². The summed E-state index contributed by atoms with van der Waals surface area (Å²) in [6, 6.07) is 11.1. The van der Waals surface area contributed by atoms with E-state index in [1.165, 1.54) is 24.4 Å². The topological polar surface area (TPSA) is 105 Å². The monoisotopic (exact) mass is 327 g/mol. The lowest BCUT2D eigenvalue weighted by molar-refractivity contribution is -0.385. The highest BCUT2D eigenvalue weighted by Gasteiger charge is 2.15. The summed E-state index contributed by atoms with van der Waals surface area (Å²) in [6.07, 6.45) is 1.34. The van der Waals surface area contributed by atoms with Gasteiger partial charge in [-0.05, 0) is 24.3 Å². The highest BCUT2D eigenvalue weighted by atomic mass is 16.6. The minimum absolute atomic E-state index is 0.104. The highest BCUT2D eigenvalue weighted by molar-refractivity contribution is 5.93. The van der Waals surface area contributed by atoms with Gasteiger partial charge in [-0.1, -0.05) is 26.0 Å². The average Bonchev–Trinajstić information content (AvgIpc) is 2.54. The molecule has 0 fully saturated rings. The molecule has 2 aromatic carbocycles. The van der Waals surface area contributed by atoms with Gasteiger partial charge in [-0.25, -0.2) is 0 Å². The zero-order valence-electron chi connectivity index (χ0n) is 13.3. The molecule has 24 heavy (non-hydrogen) atoms. The molecule has 0 heterocycles. The lowest BCUT2D eigenvalue weighted by Crippen LogP contribution is -2.17. The Morgan fingerprint density at radius 3 is 2.67 bits per heavy atom. The average molecular weight is 327 g/mol. The zero-order valence-corrected chi connectivity index (χ0v) is 13.3. The van der Waals surface area contributed by atoms with Crippen LogP contribution >= 0.6 is 0 Å². The Morgan fingerprint density at radius 2 is 2.00 bits per heavy atom. The summed E-state index contributed by atoms with van der Waals surface area (Å²) < 4.78 is 0. The maximum atomic E-state index is 11.7. The molecule has 0 atom stereocenters. The van der Waals surface area contributed by atoms with Crippen LogP contribution in [0, 0.1) is 16.0 Å². The lowest BCUT2D eigenvalue weighted by Gasteiger charge is -2.07. The zero-order chi connectivity index (χ0) is 17.7. The number of aromatic hydroxyl groups is 1. The highest BCUT2D eigenvalue weighted by Crippen LogP contribution is 2.28. The van der Waals surface area contributed by atoms with Crippen LogP contribution < -0.4 is 5.32 Å². The molecule has 0 saturated heterocycles. The van der Waals surface area contributed by atoms with Gasteiger partial charge in [-0.15, -0.1) is 0 Å². The SMILES string of the molecule is CC(C)C(=O)Nc1cccc(N=Cc2cccc([N+](=O)[O-])c2O)c1. The molecule has 0 aromatic heterocycles. The van der Waals surface area contributed by atoms with E-state index in [4.69, 9.17) is 0 Å². The quantitative estimate of drug-likeness (QED) is 0.497. The molecular weight excluding hydrogens is 310 g/mol. The number of phenolic OH excluding ortho intramolecular Hbond substituents is 1. The number of hydrogen-bond donors (Lipinski definition) is 2. The number of amides is 1. The number of hydrogen-bond acceptors (Lipinski definition) is 5. The first kappa shape index (κ1) is 17.1. The summed E-state index contributed by atoms with van der Waals surface area (Å²) >= 11 is 0. The van der Waals surface area contributed by atoms with E-state index in [9.17, 15) is 20.0 Å². The van der Waals surface area contributed by atoms with Crippen molar-refractivity contribution < 1.29 is 14.8 Å². The third-order valence-electron chi connectivity index (χ3n) is 3.23. The van der Waals surface area contributed by atoms with Crippen molar-refractivity contribution in [2.75, 3.05) is 5.32 Å². The minimum Gasteiger partial charge on any atom is -0.502 e. The van der Waals surface area contributed by atoms with E-state index in [-0.39, 0.29) is 23.1 Å². The van der Waals surface area contributed by atoms with Crippen molar-refractivity contribution in [3.8, 4) is 5.75 Å². The van der Waals surface area contributed by atoms with Crippen molar-refractivity contribution in [3.63, 3.8) is 0 Å². The second kappa shape index (κ2) is 7.36. The number of rotatable bonds is 5. The number of benzene rings is 2. The van der Waals surface area contributed by atoms with Gasteiger partial charge in [-0.2, -0.15) is 0 Å². The van der Waals surface area contributed by atoms with E-state index in [1.807, 2.05) is 0 Å². The van der Waals surface area contributed by atoms with Crippen LogP contribution in [0.15, 0.2) is 47.5 Å². The molecule has 0 spiro atoms. The molecule has 0 aliphatic carbocycles. The fraction of sp³-hybridized carbons (Fsp3) is 0.176. The van der Waals surface area contributed by atoms with Gasteiger partial charge in [0.1, 0.15) is 0 Å². The second-order valence-corrected chi connectivity index (χ2v) is 5.42. The summed E-state index contributed by atoms with van der Waals surface area (Å²) in [6.45, 7) is 3.59. The largest absolute Gasteiger partial charge is 0.502 e. The van der Waals surface area contributed by atoms with Crippen LogP contribution in [-0.2, 0) is 4.79 Å². The minimum atomic E-state index is -0.658. The smallest absolute Gasteiger partial charge is 0.311 e. The van der Waals surface area contributed by atoms with E-state index < -0.39 is 10.7 Å². The van der Waals surface area contributed by atoms with Gasteiger partial charge in [-0.3, -0.25) is 19.9 Å². The predicted molar refractivity (Wildman–Crippen MR) is 91.9 cm³/mol. The van der Waals surface area contributed by atoms with E-state index >= 15 is 0 Å². The predicted octanol–water partition coefficient (Wildman–Crippen LogP) is 3.65. The molecule has 0 radical (unpaired) electrons. The molecule has 0 aliphatic rings. The van der Waals surface area contributed by atoms with E-state index in [0.717, 1.165) is 0 Å². The van der Waals surface area contributed by atoms with Crippen molar-refractivity contribution in [1.29, 1.82) is 0 Å². The summed E-state index contributed by atoms with van der Waals surface area (Å²) in [5.74, 6) is -0.679. The Labute approximate surface area is 138 Å². The molecular formula is C17H17N3O4. The Morgan fingerprint density at radius 1 is 1.29 bits per heavy atom. The molecule has 7 nitrogen and oxygen atoms in total. The third kappa shape index (κ3) is 4.16. The Kier molecular flexibility index (Phi) is 5.26. The second-order valence-electron chi connectivity index (χ2n) is 5.42. The number of anilines is 1.